The Kier molecular flexibility index (Phi) is 3.16. The van der Waals surface area contributed by atoms with E-state index in [1.807, 2.05) is 37.3 Å². The molecule has 1 N–H and O–H groups in total. The number of aromatic nitrogens is 3. The molecule has 0 atom stereocenters. The quantitative estimate of drug-likeness (QED) is 0.792. The van der Waals surface area contributed by atoms with Crippen molar-refractivity contribution in [2.24, 2.45) is 0 Å². The first kappa shape index (κ1) is 12.3. The van der Waals surface area contributed by atoms with Gasteiger partial charge in [-0.1, -0.05) is 18.2 Å². The second-order valence-corrected chi connectivity index (χ2v) is 4.38. The number of rotatable bonds is 3. The van der Waals surface area contributed by atoms with Crippen LogP contribution < -0.4 is 4.90 Å². The number of para-hydroxylation sites is 1. The topological polar surface area (TPSA) is 61.9 Å². The van der Waals surface area contributed by atoms with Gasteiger partial charge < -0.3 is 9.88 Å². The van der Waals surface area contributed by atoms with Crippen LogP contribution in [0.4, 0.5) is 5.69 Å². The van der Waals surface area contributed by atoms with Gasteiger partial charge in [0.1, 0.15) is 0 Å². The smallest absolute Gasteiger partial charge is 0.259 e. The third-order valence-corrected chi connectivity index (χ3v) is 3.15. The molecule has 3 rings (SSSR count). The van der Waals surface area contributed by atoms with E-state index in [1.54, 1.807) is 23.5 Å². The van der Waals surface area contributed by atoms with Crippen LogP contribution in [-0.2, 0) is 0 Å². The lowest BCUT2D eigenvalue weighted by Gasteiger charge is -2.20. The number of H-pyrrole nitrogens is 1. The molecule has 2 aromatic heterocycles. The Morgan fingerprint density at radius 2 is 2.05 bits per heavy atom. The minimum absolute atomic E-state index is 0.0669. The van der Waals surface area contributed by atoms with E-state index in [2.05, 4.69) is 15.0 Å². The Morgan fingerprint density at radius 3 is 2.80 bits per heavy atom. The van der Waals surface area contributed by atoms with Gasteiger partial charge in [-0.2, -0.15) is 0 Å². The standard InChI is InChI=1S/C15H14N4O/c1-2-19(12-6-4-3-5-7-12)15(20)11-8-13-14(16-9-11)18-10-17-13/h3-10H,2H2,1H3,(H,16,17,18). The van der Waals surface area contributed by atoms with Crippen LogP contribution in [-0.4, -0.2) is 27.4 Å². The molecule has 0 aliphatic rings. The lowest BCUT2D eigenvalue weighted by Crippen LogP contribution is -2.30. The predicted molar refractivity (Wildman–Crippen MR) is 77.7 cm³/mol. The number of nitrogens with one attached hydrogen (secondary N) is 1. The molecule has 0 saturated heterocycles. The molecule has 20 heavy (non-hydrogen) atoms. The number of pyridine rings is 1. The highest BCUT2D eigenvalue weighted by Crippen LogP contribution is 2.17. The van der Waals surface area contributed by atoms with Crippen LogP contribution in [0.2, 0.25) is 0 Å². The number of fused-ring (bicyclic) bond motifs is 1. The number of benzene rings is 1. The number of anilines is 1. The first-order chi connectivity index (χ1) is 9.79. The van der Waals surface area contributed by atoms with Crippen molar-refractivity contribution >= 4 is 22.8 Å². The molecule has 0 spiro atoms. The third kappa shape index (κ3) is 2.14. The van der Waals surface area contributed by atoms with Crippen molar-refractivity contribution in [3.05, 3.63) is 54.5 Å². The molecule has 2 heterocycles. The van der Waals surface area contributed by atoms with Gasteiger partial charge in [0.2, 0.25) is 0 Å². The summed E-state index contributed by atoms with van der Waals surface area (Å²) in [6.45, 7) is 2.55. The summed E-state index contributed by atoms with van der Waals surface area (Å²) in [4.78, 5) is 25.5. The fourth-order valence-corrected chi connectivity index (χ4v) is 2.15. The summed E-state index contributed by atoms with van der Waals surface area (Å²) in [6.07, 6.45) is 3.14. The normalized spacial score (nSPS) is 10.7. The van der Waals surface area contributed by atoms with E-state index < -0.39 is 0 Å². The zero-order valence-electron chi connectivity index (χ0n) is 11.1. The summed E-state index contributed by atoms with van der Waals surface area (Å²) in [5.74, 6) is -0.0669. The van der Waals surface area contributed by atoms with Gasteiger partial charge in [0.05, 0.1) is 17.4 Å². The molecule has 0 radical (unpaired) electrons. The first-order valence-electron chi connectivity index (χ1n) is 6.45. The fourth-order valence-electron chi connectivity index (χ4n) is 2.15. The highest BCUT2D eigenvalue weighted by Gasteiger charge is 2.16. The van der Waals surface area contributed by atoms with Crippen molar-refractivity contribution < 1.29 is 4.79 Å². The Balaban J connectivity index is 1.97. The summed E-state index contributed by atoms with van der Waals surface area (Å²) in [6, 6.07) is 11.4. The Bertz CT molecular complexity index is 736. The maximum Gasteiger partial charge on any atom is 0.259 e. The number of amides is 1. The van der Waals surface area contributed by atoms with Crippen LogP contribution in [0.3, 0.4) is 0 Å². The Morgan fingerprint density at radius 1 is 1.25 bits per heavy atom. The number of hydrogen-bond acceptors (Lipinski definition) is 3. The summed E-state index contributed by atoms with van der Waals surface area (Å²) >= 11 is 0. The van der Waals surface area contributed by atoms with Crippen LogP contribution in [0.1, 0.15) is 17.3 Å². The molecular weight excluding hydrogens is 252 g/mol. The van der Waals surface area contributed by atoms with Gasteiger partial charge in [0.15, 0.2) is 5.65 Å². The van der Waals surface area contributed by atoms with Gasteiger partial charge in [-0.05, 0) is 25.1 Å². The fraction of sp³-hybridized carbons (Fsp3) is 0.133. The molecule has 1 amide bonds. The van der Waals surface area contributed by atoms with Crippen molar-refractivity contribution in [3.8, 4) is 0 Å². The molecular formula is C15H14N4O. The number of imidazole rings is 1. The van der Waals surface area contributed by atoms with Gasteiger partial charge in [-0.25, -0.2) is 9.97 Å². The van der Waals surface area contributed by atoms with Crippen LogP contribution in [0, 0.1) is 0 Å². The molecule has 0 aliphatic carbocycles. The van der Waals surface area contributed by atoms with Gasteiger partial charge in [-0.15, -0.1) is 0 Å². The number of nitrogens with zero attached hydrogens (tertiary/aromatic N) is 3. The number of carbonyl (C=O) groups excluding carboxylic acids is 1. The zero-order chi connectivity index (χ0) is 13.9. The monoisotopic (exact) mass is 266 g/mol. The molecule has 1 aromatic carbocycles. The van der Waals surface area contributed by atoms with Crippen molar-refractivity contribution in [2.45, 2.75) is 6.92 Å². The molecule has 5 nitrogen and oxygen atoms in total. The molecule has 0 aliphatic heterocycles. The molecule has 100 valence electrons. The lowest BCUT2D eigenvalue weighted by molar-refractivity contribution is 0.0988. The zero-order valence-corrected chi connectivity index (χ0v) is 11.1. The SMILES string of the molecule is CCN(C(=O)c1cnc2nc[nH]c2c1)c1ccccc1. The Hall–Kier alpha value is -2.69. The number of carbonyl (C=O) groups is 1. The summed E-state index contributed by atoms with van der Waals surface area (Å²) in [7, 11) is 0. The summed E-state index contributed by atoms with van der Waals surface area (Å²) in [5.41, 5.74) is 2.81. The van der Waals surface area contributed by atoms with E-state index in [-0.39, 0.29) is 5.91 Å². The van der Waals surface area contributed by atoms with E-state index in [0.29, 0.717) is 17.8 Å². The van der Waals surface area contributed by atoms with Crippen LogP contribution in [0.25, 0.3) is 11.2 Å². The van der Waals surface area contributed by atoms with Crippen molar-refractivity contribution in [2.75, 3.05) is 11.4 Å². The number of hydrogen-bond donors (Lipinski definition) is 1. The second-order valence-electron chi connectivity index (χ2n) is 4.38. The maximum absolute atomic E-state index is 12.6. The lowest BCUT2D eigenvalue weighted by atomic mass is 10.2. The van der Waals surface area contributed by atoms with Gasteiger partial charge in [0, 0.05) is 18.4 Å². The molecule has 0 saturated carbocycles. The minimum atomic E-state index is -0.0669. The van der Waals surface area contributed by atoms with E-state index in [9.17, 15) is 4.79 Å². The molecule has 0 fully saturated rings. The van der Waals surface area contributed by atoms with Crippen molar-refractivity contribution in [1.29, 1.82) is 0 Å². The second kappa shape index (κ2) is 5.13. The average Bonchev–Trinajstić information content (AvgIpc) is 2.96. The highest BCUT2D eigenvalue weighted by molar-refractivity contribution is 6.07. The van der Waals surface area contributed by atoms with E-state index >= 15 is 0 Å². The largest absolute Gasteiger partial charge is 0.343 e. The molecule has 5 heteroatoms. The van der Waals surface area contributed by atoms with Gasteiger partial charge >= 0.3 is 0 Å². The maximum atomic E-state index is 12.6. The number of aromatic amines is 1. The van der Waals surface area contributed by atoms with Crippen molar-refractivity contribution in [3.63, 3.8) is 0 Å². The minimum Gasteiger partial charge on any atom is -0.343 e. The third-order valence-electron chi connectivity index (χ3n) is 3.15. The van der Waals surface area contributed by atoms with Crippen LogP contribution >= 0.6 is 0 Å². The highest BCUT2D eigenvalue weighted by atomic mass is 16.2. The van der Waals surface area contributed by atoms with E-state index in [0.717, 1.165) is 11.2 Å². The molecule has 0 unspecified atom stereocenters. The molecule has 3 aromatic rings. The van der Waals surface area contributed by atoms with Crippen LogP contribution in [0.5, 0.6) is 0 Å². The van der Waals surface area contributed by atoms with Gasteiger partial charge in [-0.3, -0.25) is 4.79 Å². The van der Waals surface area contributed by atoms with Crippen molar-refractivity contribution in [1.82, 2.24) is 15.0 Å². The van der Waals surface area contributed by atoms with E-state index in [1.165, 1.54) is 0 Å². The average molecular weight is 266 g/mol. The van der Waals surface area contributed by atoms with Crippen LogP contribution in [0.15, 0.2) is 48.9 Å². The summed E-state index contributed by atoms with van der Waals surface area (Å²) < 4.78 is 0. The van der Waals surface area contributed by atoms with Gasteiger partial charge in [0.25, 0.3) is 5.91 Å². The van der Waals surface area contributed by atoms with E-state index in [4.69, 9.17) is 0 Å². The summed E-state index contributed by atoms with van der Waals surface area (Å²) in [5, 5.41) is 0. The predicted octanol–water partition coefficient (Wildman–Crippen LogP) is 2.62. The Labute approximate surface area is 116 Å². The molecule has 0 bridgehead atoms. The first-order valence-corrected chi connectivity index (χ1v) is 6.45.